The van der Waals surface area contributed by atoms with Crippen LogP contribution in [0.4, 0.5) is 18.9 Å². The van der Waals surface area contributed by atoms with Crippen molar-refractivity contribution in [2.45, 2.75) is 12.8 Å². The van der Waals surface area contributed by atoms with Crippen LogP contribution in [-0.2, 0) is 16.0 Å². The van der Waals surface area contributed by atoms with E-state index >= 15 is 0 Å². The van der Waals surface area contributed by atoms with Crippen molar-refractivity contribution in [1.29, 1.82) is 0 Å². The van der Waals surface area contributed by atoms with E-state index in [0.717, 1.165) is 13.3 Å². The highest BCUT2D eigenvalue weighted by molar-refractivity contribution is 14.1. The van der Waals surface area contributed by atoms with Crippen LogP contribution in [0, 0.1) is 13.7 Å². The van der Waals surface area contributed by atoms with Gasteiger partial charge in [0.05, 0.1) is 18.5 Å². The third kappa shape index (κ3) is 4.18. The summed E-state index contributed by atoms with van der Waals surface area (Å²) in [6.45, 7) is 0. The van der Waals surface area contributed by atoms with Gasteiger partial charge in [-0.1, -0.05) is 0 Å². The first-order valence-electron chi connectivity index (χ1n) is 4.80. The summed E-state index contributed by atoms with van der Waals surface area (Å²) in [5.74, 6) is -1.89. The van der Waals surface area contributed by atoms with E-state index in [-0.39, 0.29) is 15.6 Å². The minimum Gasteiger partial charge on any atom is -0.469 e. The largest absolute Gasteiger partial charge is 0.574 e. The molecule has 11 heteroatoms. The summed E-state index contributed by atoms with van der Waals surface area (Å²) in [5.41, 5.74) is -0.886. The number of ether oxygens (including phenoxy) is 2. The Morgan fingerprint density at radius 3 is 2.60 bits per heavy atom. The van der Waals surface area contributed by atoms with Crippen LogP contribution in [0.15, 0.2) is 6.20 Å². The number of methoxy groups -OCH3 is 1. The van der Waals surface area contributed by atoms with Crippen LogP contribution in [-0.4, -0.2) is 29.3 Å². The van der Waals surface area contributed by atoms with Gasteiger partial charge in [0.25, 0.3) is 0 Å². The minimum absolute atomic E-state index is 0.0682. The fourth-order valence-electron chi connectivity index (χ4n) is 1.19. The van der Waals surface area contributed by atoms with Gasteiger partial charge in [0.15, 0.2) is 0 Å². The van der Waals surface area contributed by atoms with Gasteiger partial charge in [0, 0.05) is 11.8 Å². The van der Waals surface area contributed by atoms with Crippen molar-refractivity contribution in [3.8, 4) is 5.88 Å². The molecule has 1 aromatic heterocycles. The van der Waals surface area contributed by atoms with Crippen molar-refractivity contribution in [2.24, 2.45) is 0 Å². The van der Waals surface area contributed by atoms with Gasteiger partial charge in [-0.2, -0.15) is 0 Å². The lowest BCUT2D eigenvalue weighted by Gasteiger charge is -2.10. The molecule has 20 heavy (non-hydrogen) atoms. The van der Waals surface area contributed by atoms with Gasteiger partial charge in [-0.25, -0.2) is 4.98 Å². The normalized spacial score (nSPS) is 11.1. The second-order valence-electron chi connectivity index (χ2n) is 3.31. The second kappa shape index (κ2) is 6.19. The van der Waals surface area contributed by atoms with Crippen molar-refractivity contribution in [3.05, 3.63) is 25.4 Å². The van der Waals surface area contributed by atoms with Gasteiger partial charge in [0.1, 0.15) is 3.57 Å². The molecule has 0 aliphatic heterocycles. The minimum atomic E-state index is -5.11. The number of alkyl halides is 3. The zero-order valence-electron chi connectivity index (χ0n) is 9.73. The molecule has 0 spiro atoms. The second-order valence-corrected chi connectivity index (χ2v) is 4.39. The number of esters is 1. The van der Waals surface area contributed by atoms with Crippen molar-refractivity contribution in [2.75, 3.05) is 7.11 Å². The predicted octanol–water partition coefficient (Wildman–Crippen LogP) is 2.21. The Bertz CT molecular complexity index is 549. The van der Waals surface area contributed by atoms with Crippen molar-refractivity contribution < 1.29 is 32.4 Å². The molecule has 0 fully saturated rings. The van der Waals surface area contributed by atoms with Gasteiger partial charge in [0.2, 0.25) is 0 Å². The zero-order chi connectivity index (χ0) is 15.5. The molecule has 0 amide bonds. The van der Waals surface area contributed by atoms with Crippen LogP contribution in [0.3, 0.4) is 0 Å². The van der Waals surface area contributed by atoms with E-state index in [9.17, 15) is 28.1 Å². The van der Waals surface area contributed by atoms with Gasteiger partial charge < -0.3 is 9.47 Å². The Kier molecular flexibility index (Phi) is 5.08. The summed E-state index contributed by atoms with van der Waals surface area (Å²) in [6, 6.07) is 0. The molecule has 0 aliphatic carbocycles. The van der Waals surface area contributed by atoms with E-state index < -0.39 is 28.8 Å². The summed E-state index contributed by atoms with van der Waals surface area (Å²) >= 11 is 1.45. The quantitative estimate of drug-likeness (QED) is 0.330. The van der Waals surface area contributed by atoms with Gasteiger partial charge >= 0.3 is 23.9 Å². The molecule has 110 valence electrons. The monoisotopic (exact) mass is 406 g/mol. The molecular weight excluding hydrogens is 400 g/mol. The molecular formula is C9H6F3IN2O5. The van der Waals surface area contributed by atoms with Crippen LogP contribution < -0.4 is 4.74 Å². The van der Waals surface area contributed by atoms with E-state index in [1.54, 1.807) is 0 Å². The Morgan fingerprint density at radius 2 is 2.15 bits per heavy atom. The van der Waals surface area contributed by atoms with E-state index in [0.29, 0.717) is 0 Å². The fraction of sp³-hybridized carbons (Fsp3) is 0.333. The van der Waals surface area contributed by atoms with Crippen LogP contribution >= 0.6 is 22.6 Å². The third-order valence-corrected chi connectivity index (χ3v) is 3.19. The number of halogens is 4. The molecule has 0 saturated carbocycles. The number of hydrogen-bond acceptors (Lipinski definition) is 6. The van der Waals surface area contributed by atoms with E-state index in [1.807, 2.05) is 0 Å². The van der Waals surface area contributed by atoms with Gasteiger partial charge in [-0.3, -0.25) is 14.9 Å². The lowest BCUT2D eigenvalue weighted by molar-refractivity contribution is -0.390. The summed E-state index contributed by atoms with van der Waals surface area (Å²) in [6.07, 6.45) is -4.56. The molecule has 0 unspecified atom stereocenters. The van der Waals surface area contributed by atoms with Crippen LogP contribution in [0.25, 0.3) is 0 Å². The summed E-state index contributed by atoms with van der Waals surface area (Å²) in [7, 11) is 1.11. The number of nitro groups is 1. The molecule has 1 rings (SSSR count). The van der Waals surface area contributed by atoms with E-state index in [1.165, 1.54) is 22.6 Å². The first kappa shape index (κ1) is 16.4. The van der Waals surface area contributed by atoms with Crippen LogP contribution in [0.5, 0.6) is 5.88 Å². The average molecular weight is 406 g/mol. The molecule has 0 saturated heterocycles. The number of carbonyl (C=O) groups excluding carboxylic acids is 1. The number of carbonyl (C=O) groups is 1. The predicted molar refractivity (Wildman–Crippen MR) is 66.0 cm³/mol. The highest BCUT2D eigenvalue weighted by Crippen LogP contribution is 2.35. The summed E-state index contributed by atoms with van der Waals surface area (Å²) in [5, 5.41) is 10.8. The Morgan fingerprint density at radius 1 is 1.55 bits per heavy atom. The zero-order valence-corrected chi connectivity index (χ0v) is 11.9. The molecule has 0 atom stereocenters. The van der Waals surface area contributed by atoms with E-state index in [2.05, 4.69) is 14.5 Å². The fourth-order valence-corrected chi connectivity index (χ4v) is 1.95. The van der Waals surface area contributed by atoms with Crippen molar-refractivity contribution in [3.63, 3.8) is 0 Å². The van der Waals surface area contributed by atoms with Gasteiger partial charge in [-0.05, 0) is 22.6 Å². The number of aromatic nitrogens is 1. The SMILES string of the molecule is COC(=O)Cc1cnc(OC(F)(F)F)c([N+](=O)[O-])c1I. The first-order chi connectivity index (χ1) is 9.15. The number of pyridine rings is 1. The average Bonchev–Trinajstić information content (AvgIpc) is 2.30. The maximum absolute atomic E-state index is 12.1. The molecule has 1 aromatic rings. The lowest BCUT2D eigenvalue weighted by Crippen LogP contribution is -2.19. The molecule has 1 heterocycles. The maximum atomic E-state index is 12.1. The Balaban J connectivity index is 3.27. The molecule has 0 aromatic carbocycles. The number of hydrogen-bond donors (Lipinski definition) is 0. The van der Waals surface area contributed by atoms with Crippen molar-refractivity contribution in [1.82, 2.24) is 4.98 Å². The molecule has 0 aliphatic rings. The Hall–Kier alpha value is -1.66. The first-order valence-corrected chi connectivity index (χ1v) is 5.88. The number of nitrogens with zero attached hydrogens (tertiary/aromatic N) is 2. The third-order valence-electron chi connectivity index (χ3n) is 1.99. The highest BCUT2D eigenvalue weighted by atomic mass is 127. The maximum Gasteiger partial charge on any atom is 0.574 e. The molecule has 0 radical (unpaired) electrons. The van der Waals surface area contributed by atoms with E-state index in [4.69, 9.17) is 0 Å². The Labute approximate surface area is 123 Å². The van der Waals surface area contributed by atoms with Crippen LogP contribution in [0.1, 0.15) is 5.56 Å². The highest BCUT2D eigenvalue weighted by Gasteiger charge is 2.37. The number of rotatable bonds is 4. The molecule has 0 N–H and O–H groups in total. The summed E-state index contributed by atoms with van der Waals surface area (Å²) in [4.78, 5) is 24.1. The molecule has 7 nitrogen and oxygen atoms in total. The van der Waals surface area contributed by atoms with Crippen molar-refractivity contribution >= 4 is 34.2 Å². The summed E-state index contributed by atoms with van der Waals surface area (Å²) < 4.78 is 44.0. The standard InChI is InChI=1S/C9H6F3IN2O5/c1-19-5(16)2-4-3-14-8(20-9(10,11)12)7(6(4)13)15(17)18/h3H,2H2,1H3. The molecule has 0 bridgehead atoms. The van der Waals surface area contributed by atoms with Gasteiger partial charge in [-0.15, -0.1) is 13.2 Å². The topological polar surface area (TPSA) is 91.6 Å². The lowest BCUT2D eigenvalue weighted by atomic mass is 10.2. The smallest absolute Gasteiger partial charge is 0.469 e. The van der Waals surface area contributed by atoms with Crippen LogP contribution in [0.2, 0.25) is 0 Å².